The van der Waals surface area contributed by atoms with Crippen molar-refractivity contribution < 1.29 is 27.5 Å². The Bertz CT molecular complexity index is 1040. The van der Waals surface area contributed by atoms with Crippen molar-refractivity contribution in [1.82, 2.24) is 14.5 Å². The Morgan fingerprint density at radius 2 is 1.73 bits per heavy atom. The molecule has 1 heterocycles. The zero-order valence-electron chi connectivity index (χ0n) is 18.8. The van der Waals surface area contributed by atoms with Gasteiger partial charge >= 0.3 is 0 Å². The van der Waals surface area contributed by atoms with Crippen molar-refractivity contribution in [3.05, 3.63) is 60.2 Å². The summed E-state index contributed by atoms with van der Waals surface area (Å²) >= 11 is 0. The van der Waals surface area contributed by atoms with E-state index in [9.17, 15) is 18.0 Å². The highest BCUT2D eigenvalue weighted by Gasteiger charge is 2.27. The van der Waals surface area contributed by atoms with Crippen molar-refractivity contribution in [2.75, 3.05) is 40.0 Å². The summed E-state index contributed by atoms with van der Waals surface area (Å²) in [5, 5.41) is 2.56. The molecule has 33 heavy (non-hydrogen) atoms. The molecule has 0 bridgehead atoms. The zero-order chi connectivity index (χ0) is 23.8. The number of ether oxygens (including phenoxy) is 2. The Morgan fingerprint density at radius 3 is 2.33 bits per heavy atom. The Balaban J connectivity index is 1.66. The number of nitrogens with zero attached hydrogens (tertiary/aromatic N) is 2. The van der Waals surface area contributed by atoms with Crippen molar-refractivity contribution in [2.24, 2.45) is 0 Å². The first-order valence-corrected chi connectivity index (χ1v) is 12.1. The van der Waals surface area contributed by atoms with Crippen LogP contribution in [0.25, 0.3) is 0 Å². The first-order valence-electron chi connectivity index (χ1n) is 10.7. The highest BCUT2D eigenvalue weighted by Crippen LogP contribution is 2.21. The largest absolute Gasteiger partial charge is 0.484 e. The minimum atomic E-state index is -3.60. The van der Waals surface area contributed by atoms with E-state index < -0.39 is 16.1 Å². The summed E-state index contributed by atoms with van der Waals surface area (Å²) in [4.78, 5) is 26.7. The molecule has 1 atom stereocenters. The van der Waals surface area contributed by atoms with Crippen molar-refractivity contribution in [1.29, 1.82) is 0 Å². The van der Waals surface area contributed by atoms with Crippen LogP contribution < -0.4 is 10.1 Å². The number of nitrogens with one attached hydrogen (secondary N) is 1. The molecule has 1 fully saturated rings. The maximum absolute atomic E-state index is 12.9. The summed E-state index contributed by atoms with van der Waals surface area (Å²) in [5.41, 5.74) is 0.888. The fourth-order valence-corrected chi connectivity index (χ4v) is 4.85. The van der Waals surface area contributed by atoms with Crippen LogP contribution in [0.5, 0.6) is 5.75 Å². The van der Waals surface area contributed by atoms with Gasteiger partial charge in [0.05, 0.1) is 18.1 Å². The monoisotopic (exact) mass is 475 g/mol. The SMILES string of the molecule is CNC(=O)[C@@H](C)N(Cc1ccccc1)C(=O)COc1ccc(S(=O)(=O)N2CCOCC2)cc1. The molecule has 0 unspecified atom stereocenters. The smallest absolute Gasteiger partial charge is 0.261 e. The number of morpholine rings is 1. The van der Waals surface area contributed by atoms with Gasteiger partial charge in [-0.15, -0.1) is 0 Å². The lowest BCUT2D eigenvalue weighted by Crippen LogP contribution is -2.48. The maximum Gasteiger partial charge on any atom is 0.261 e. The van der Waals surface area contributed by atoms with Gasteiger partial charge in [0.15, 0.2) is 6.61 Å². The molecule has 0 radical (unpaired) electrons. The normalized spacial score (nSPS) is 15.5. The van der Waals surface area contributed by atoms with E-state index >= 15 is 0 Å². The quantitative estimate of drug-likeness (QED) is 0.585. The standard InChI is InChI=1S/C23H29N3O6S/c1-18(23(28)24-2)26(16-19-6-4-3-5-7-19)22(27)17-32-20-8-10-21(11-9-20)33(29,30)25-12-14-31-15-13-25/h3-11,18H,12-17H2,1-2H3,(H,24,28)/t18-/m1/s1. The van der Waals surface area contributed by atoms with Crippen molar-refractivity contribution >= 4 is 21.8 Å². The highest BCUT2D eigenvalue weighted by molar-refractivity contribution is 7.89. The molecule has 0 spiro atoms. The molecule has 2 aromatic rings. The summed E-state index contributed by atoms with van der Waals surface area (Å²) in [6.07, 6.45) is 0. The molecule has 10 heteroatoms. The summed E-state index contributed by atoms with van der Waals surface area (Å²) < 4.78 is 37.7. The number of benzene rings is 2. The van der Waals surface area contributed by atoms with Gasteiger partial charge in [0, 0.05) is 26.7 Å². The van der Waals surface area contributed by atoms with Crippen LogP contribution in [0.2, 0.25) is 0 Å². The average Bonchev–Trinajstić information content (AvgIpc) is 2.86. The number of rotatable bonds is 9. The number of hydrogen-bond donors (Lipinski definition) is 1. The number of carbonyl (C=O) groups excluding carboxylic acids is 2. The van der Waals surface area contributed by atoms with Crippen LogP contribution in [0.3, 0.4) is 0 Å². The highest BCUT2D eigenvalue weighted by atomic mass is 32.2. The predicted molar refractivity (Wildman–Crippen MR) is 122 cm³/mol. The average molecular weight is 476 g/mol. The van der Waals surface area contributed by atoms with E-state index in [1.54, 1.807) is 6.92 Å². The molecule has 178 valence electrons. The topological polar surface area (TPSA) is 105 Å². The number of likely N-dealkylation sites (N-methyl/N-ethyl adjacent to an activating group) is 1. The van der Waals surface area contributed by atoms with Gasteiger partial charge < -0.3 is 19.7 Å². The number of amides is 2. The third kappa shape index (κ3) is 6.31. The van der Waals surface area contributed by atoms with Crippen LogP contribution in [-0.2, 0) is 30.9 Å². The third-order valence-corrected chi connectivity index (χ3v) is 7.32. The van der Waals surface area contributed by atoms with Crippen molar-refractivity contribution in [3.63, 3.8) is 0 Å². The number of carbonyl (C=O) groups is 2. The summed E-state index contributed by atoms with van der Waals surface area (Å²) in [5.74, 6) is -0.284. The van der Waals surface area contributed by atoms with Gasteiger partial charge in [0.2, 0.25) is 15.9 Å². The minimum Gasteiger partial charge on any atom is -0.484 e. The maximum atomic E-state index is 12.9. The van der Waals surface area contributed by atoms with Gasteiger partial charge in [-0.1, -0.05) is 30.3 Å². The second-order valence-corrected chi connectivity index (χ2v) is 9.51. The Labute approximate surface area is 194 Å². The summed E-state index contributed by atoms with van der Waals surface area (Å²) in [6, 6.07) is 14.6. The first kappa shape index (κ1) is 24.7. The fourth-order valence-electron chi connectivity index (χ4n) is 3.44. The molecule has 3 rings (SSSR count). The van der Waals surface area contributed by atoms with Crippen molar-refractivity contribution in [3.8, 4) is 5.75 Å². The van der Waals surface area contributed by atoms with Gasteiger partial charge in [-0.25, -0.2) is 8.42 Å². The van der Waals surface area contributed by atoms with Crippen LogP contribution >= 0.6 is 0 Å². The lowest BCUT2D eigenvalue weighted by molar-refractivity contribution is -0.142. The Morgan fingerprint density at radius 1 is 1.09 bits per heavy atom. The van der Waals surface area contributed by atoms with Gasteiger partial charge in [-0.3, -0.25) is 9.59 Å². The van der Waals surface area contributed by atoms with E-state index in [1.807, 2.05) is 30.3 Å². The van der Waals surface area contributed by atoms with Gasteiger partial charge in [-0.05, 0) is 36.8 Å². The van der Waals surface area contributed by atoms with Crippen LogP contribution in [0.4, 0.5) is 0 Å². The molecule has 0 saturated carbocycles. The summed E-state index contributed by atoms with van der Waals surface area (Å²) in [6.45, 7) is 3.00. The van der Waals surface area contributed by atoms with E-state index in [-0.39, 0.29) is 29.9 Å². The molecule has 9 nitrogen and oxygen atoms in total. The number of hydrogen-bond acceptors (Lipinski definition) is 6. The zero-order valence-corrected chi connectivity index (χ0v) is 19.6. The van der Waals surface area contributed by atoms with Gasteiger partial charge in [0.25, 0.3) is 5.91 Å². The van der Waals surface area contributed by atoms with Crippen molar-refractivity contribution in [2.45, 2.75) is 24.4 Å². The second kappa shape index (κ2) is 11.3. The molecule has 0 aliphatic carbocycles. The molecule has 1 N–H and O–H groups in total. The lowest BCUT2D eigenvalue weighted by Gasteiger charge is -2.28. The molecule has 0 aromatic heterocycles. The minimum absolute atomic E-state index is 0.155. The summed E-state index contributed by atoms with van der Waals surface area (Å²) in [7, 11) is -2.08. The molecule has 1 aliphatic rings. The second-order valence-electron chi connectivity index (χ2n) is 7.57. The number of sulfonamides is 1. The first-order chi connectivity index (χ1) is 15.8. The molecule has 2 aromatic carbocycles. The fraction of sp³-hybridized carbons (Fsp3) is 0.391. The van der Waals surface area contributed by atoms with Gasteiger partial charge in [-0.2, -0.15) is 4.31 Å². The Hall–Kier alpha value is -2.95. The van der Waals surface area contributed by atoms with E-state index in [1.165, 1.54) is 40.5 Å². The van der Waals surface area contributed by atoms with Gasteiger partial charge in [0.1, 0.15) is 11.8 Å². The molecule has 1 aliphatic heterocycles. The lowest BCUT2D eigenvalue weighted by atomic mass is 10.1. The van der Waals surface area contributed by atoms with Crippen LogP contribution in [0, 0.1) is 0 Å². The van der Waals surface area contributed by atoms with Crippen LogP contribution in [0.1, 0.15) is 12.5 Å². The Kier molecular flexibility index (Phi) is 8.43. The van der Waals surface area contributed by atoms with Crippen LogP contribution in [-0.4, -0.2) is 75.4 Å². The van der Waals surface area contributed by atoms with E-state index in [4.69, 9.17) is 9.47 Å². The van der Waals surface area contributed by atoms with E-state index in [2.05, 4.69) is 5.32 Å². The molecule has 2 amide bonds. The molecular weight excluding hydrogens is 446 g/mol. The van der Waals surface area contributed by atoms with E-state index in [0.29, 0.717) is 32.1 Å². The third-order valence-electron chi connectivity index (χ3n) is 5.40. The molecular formula is C23H29N3O6S. The molecule has 1 saturated heterocycles. The predicted octanol–water partition coefficient (Wildman–Crippen LogP) is 1.25. The van der Waals surface area contributed by atoms with Crippen LogP contribution in [0.15, 0.2) is 59.5 Å². The van der Waals surface area contributed by atoms with E-state index in [0.717, 1.165) is 5.56 Å².